The van der Waals surface area contributed by atoms with Crippen LogP contribution in [-0.2, 0) is 4.79 Å². The van der Waals surface area contributed by atoms with Crippen molar-refractivity contribution in [2.45, 2.75) is 46.0 Å². The van der Waals surface area contributed by atoms with Gasteiger partial charge in [0.1, 0.15) is 5.75 Å². The topological polar surface area (TPSA) is 29.5 Å². The normalized spacial score (nSPS) is 15.8. The highest BCUT2D eigenvalue weighted by Crippen LogP contribution is 2.17. The highest BCUT2D eigenvalue weighted by Gasteiger charge is 2.15. The van der Waals surface area contributed by atoms with Crippen LogP contribution in [0.2, 0.25) is 0 Å². The van der Waals surface area contributed by atoms with Gasteiger partial charge in [0.25, 0.3) is 0 Å². The maximum Gasteiger partial charge on any atom is 0.225 e. The second-order valence-electron chi connectivity index (χ2n) is 5.72. The molecule has 0 N–H and O–H groups in total. The van der Waals surface area contributed by atoms with Gasteiger partial charge < -0.3 is 9.64 Å². The lowest BCUT2D eigenvalue weighted by Gasteiger charge is -2.20. The van der Waals surface area contributed by atoms with E-state index in [4.69, 9.17) is 4.74 Å². The van der Waals surface area contributed by atoms with E-state index >= 15 is 0 Å². The quantitative estimate of drug-likeness (QED) is 0.842. The molecule has 0 bridgehead atoms. The minimum absolute atomic E-state index is 0.233. The highest BCUT2D eigenvalue weighted by atomic mass is 16.5. The van der Waals surface area contributed by atoms with Crippen LogP contribution in [-0.4, -0.2) is 30.5 Å². The van der Waals surface area contributed by atoms with E-state index in [0.717, 1.165) is 31.7 Å². The maximum absolute atomic E-state index is 12.1. The first-order chi connectivity index (χ1) is 9.65. The fourth-order valence-electron chi connectivity index (χ4n) is 2.75. The number of hydrogen-bond donors (Lipinski definition) is 0. The van der Waals surface area contributed by atoms with E-state index in [-0.39, 0.29) is 5.91 Å². The van der Waals surface area contributed by atoms with Crippen LogP contribution in [0.5, 0.6) is 5.75 Å². The first kappa shape index (κ1) is 14.9. The molecule has 1 fully saturated rings. The molecule has 0 spiro atoms. The van der Waals surface area contributed by atoms with Crippen LogP contribution in [0.4, 0.5) is 0 Å². The highest BCUT2D eigenvalue weighted by molar-refractivity contribution is 5.76. The summed E-state index contributed by atoms with van der Waals surface area (Å²) in [6.07, 6.45) is 5.27. The summed E-state index contributed by atoms with van der Waals surface area (Å²) in [5.41, 5.74) is 2.39. The van der Waals surface area contributed by atoms with Gasteiger partial charge in [0.2, 0.25) is 5.91 Å². The zero-order valence-electron chi connectivity index (χ0n) is 12.7. The Labute approximate surface area is 121 Å². The Morgan fingerprint density at radius 2 is 1.65 bits per heavy atom. The van der Waals surface area contributed by atoms with Gasteiger partial charge in [0.15, 0.2) is 0 Å². The molecular weight excluding hydrogens is 250 g/mol. The van der Waals surface area contributed by atoms with Crippen LogP contribution in [0, 0.1) is 13.8 Å². The Morgan fingerprint density at radius 1 is 1.05 bits per heavy atom. The molecule has 1 saturated heterocycles. The molecule has 1 aliphatic heterocycles. The number of likely N-dealkylation sites (tertiary alicyclic amines) is 1. The summed E-state index contributed by atoms with van der Waals surface area (Å²) in [6, 6.07) is 6.15. The molecule has 3 heteroatoms. The van der Waals surface area contributed by atoms with Gasteiger partial charge in [-0.25, -0.2) is 0 Å². The lowest BCUT2D eigenvalue weighted by atomic mass is 10.1. The lowest BCUT2D eigenvalue weighted by Crippen LogP contribution is -2.32. The van der Waals surface area contributed by atoms with Crippen LogP contribution in [0.3, 0.4) is 0 Å². The Morgan fingerprint density at radius 3 is 2.25 bits per heavy atom. The first-order valence-electron chi connectivity index (χ1n) is 7.64. The Bertz CT molecular complexity index is 428. The van der Waals surface area contributed by atoms with E-state index in [9.17, 15) is 4.79 Å². The summed E-state index contributed by atoms with van der Waals surface area (Å²) < 4.78 is 5.71. The monoisotopic (exact) mass is 275 g/mol. The first-order valence-corrected chi connectivity index (χ1v) is 7.64. The van der Waals surface area contributed by atoms with Crippen molar-refractivity contribution in [3.05, 3.63) is 29.3 Å². The van der Waals surface area contributed by atoms with Crippen LogP contribution in [0.25, 0.3) is 0 Å². The summed E-state index contributed by atoms with van der Waals surface area (Å²) in [6.45, 7) is 6.42. The molecule has 1 aliphatic rings. The Hall–Kier alpha value is -1.51. The van der Waals surface area contributed by atoms with E-state index in [1.165, 1.54) is 24.0 Å². The lowest BCUT2D eigenvalue weighted by molar-refractivity contribution is -0.131. The minimum atomic E-state index is 0.233. The van der Waals surface area contributed by atoms with Gasteiger partial charge >= 0.3 is 0 Å². The van der Waals surface area contributed by atoms with Crippen molar-refractivity contribution in [1.82, 2.24) is 4.90 Å². The second-order valence-corrected chi connectivity index (χ2v) is 5.72. The van der Waals surface area contributed by atoms with Crippen molar-refractivity contribution < 1.29 is 9.53 Å². The van der Waals surface area contributed by atoms with Crippen LogP contribution in [0.1, 0.15) is 43.2 Å². The summed E-state index contributed by atoms with van der Waals surface area (Å²) >= 11 is 0. The molecule has 2 rings (SSSR count). The molecule has 0 atom stereocenters. The summed E-state index contributed by atoms with van der Waals surface area (Å²) in [5.74, 6) is 1.10. The molecule has 1 heterocycles. The largest absolute Gasteiger partial charge is 0.493 e. The standard InChI is InChI=1S/C17H25NO2/c1-14-11-15(2)13-16(12-14)20-10-7-17(19)18-8-5-3-4-6-9-18/h11-13H,3-10H2,1-2H3. The molecule has 0 aromatic heterocycles. The maximum atomic E-state index is 12.1. The van der Waals surface area contributed by atoms with Gasteiger partial charge in [-0.05, 0) is 49.9 Å². The van der Waals surface area contributed by atoms with Crippen molar-refractivity contribution in [2.24, 2.45) is 0 Å². The van der Waals surface area contributed by atoms with Gasteiger partial charge in [-0.15, -0.1) is 0 Å². The molecular formula is C17H25NO2. The number of benzene rings is 1. The molecule has 3 nitrogen and oxygen atoms in total. The zero-order chi connectivity index (χ0) is 14.4. The number of carbonyl (C=O) groups excluding carboxylic acids is 1. The third-order valence-electron chi connectivity index (χ3n) is 3.74. The van der Waals surface area contributed by atoms with E-state index in [1.54, 1.807) is 0 Å². The van der Waals surface area contributed by atoms with Gasteiger partial charge in [0.05, 0.1) is 13.0 Å². The van der Waals surface area contributed by atoms with Gasteiger partial charge in [0, 0.05) is 13.1 Å². The molecule has 0 aliphatic carbocycles. The number of rotatable bonds is 4. The van der Waals surface area contributed by atoms with Gasteiger partial charge in [-0.1, -0.05) is 18.9 Å². The molecule has 1 amide bonds. The summed E-state index contributed by atoms with van der Waals surface area (Å²) in [7, 11) is 0. The number of amides is 1. The van der Waals surface area contributed by atoms with E-state index < -0.39 is 0 Å². The summed E-state index contributed by atoms with van der Waals surface area (Å²) in [5, 5.41) is 0. The average molecular weight is 275 g/mol. The number of nitrogens with zero attached hydrogens (tertiary/aromatic N) is 1. The van der Waals surface area contributed by atoms with Gasteiger partial charge in [-0.3, -0.25) is 4.79 Å². The predicted molar refractivity (Wildman–Crippen MR) is 81.1 cm³/mol. The van der Waals surface area contributed by atoms with E-state index in [0.29, 0.717) is 13.0 Å². The molecule has 20 heavy (non-hydrogen) atoms. The number of carbonyl (C=O) groups is 1. The van der Waals surface area contributed by atoms with Crippen LogP contribution < -0.4 is 4.74 Å². The third-order valence-corrected chi connectivity index (χ3v) is 3.74. The smallest absolute Gasteiger partial charge is 0.225 e. The predicted octanol–water partition coefficient (Wildman–Crippen LogP) is 3.47. The number of ether oxygens (including phenoxy) is 1. The Balaban J connectivity index is 1.78. The third kappa shape index (κ3) is 4.55. The van der Waals surface area contributed by atoms with Crippen molar-refractivity contribution in [3.63, 3.8) is 0 Å². The molecule has 0 saturated carbocycles. The molecule has 0 unspecified atom stereocenters. The SMILES string of the molecule is Cc1cc(C)cc(OCCC(=O)N2CCCCCC2)c1. The fourth-order valence-corrected chi connectivity index (χ4v) is 2.75. The fraction of sp³-hybridized carbons (Fsp3) is 0.588. The average Bonchev–Trinajstić information content (AvgIpc) is 2.66. The van der Waals surface area contributed by atoms with Crippen LogP contribution >= 0.6 is 0 Å². The Kier molecular flexibility index (Phi) is 5.45. The van der Waals surface area contributed by atoms with E-state index in [1.807, 2.05) is 17.0 Å². The molecule has 1 aromatic rings. The van der Waals surface area contributed by atoms with Crippen molar-refractivity contribution in [2.75, 3.05) is 19.7 Å². The summed E-state index contributed by atoms with van der Waals surface area (Å²) in [4.78, 5) is 14.1. The number of aryl methyl sites for hydroxylation is 2. The zero-order valence-corrected chi connectivity index (χ0v) is 12.7. The van der Waals surface area contributed by atoms with Crippen molar-refractivity contribution in [1.29, 1.82) is 0 Å². The van der Waals surface area contributed by atoms with Crippen molar-refractivity contribution in [3.8, 4) is 5.75 Å². The minimum Gasteiger partial charge on any atom is -0.493 e. The molecule has 0 radical (unpaired) electrons. The van der Waals surface area contributed by atoms with Crippen LogP contribution in [0.15, 0.2) is 18.2 Å². The van der Waals surface area contributed by atoms with Crippen molar-refractivity contribution >= 4 is 5.91 Å². The molecule has 1 aromatic carbocycles. The second kappa shape index (κ2) is 7.32. The molecule has 110 valence electrons. The van der Waals surface area contributed by atoms with Gasteiger partial charge in [-0.2, -0.15) is 0 Å². The number of hydrogen-bond acceptors (Lipinski definition) is 2. The van der Waals surface area contributed by atoms with E-state index in [2.05, 4.69) is 19.9 Å².